The first-order valence-electron chi connectivity index (χ1n) is 23.0. The van der Waals surface area contributed by atoms with Crippen LogP contribution in [0.15, 0.2) is 115 Å². The van der Waals surface area contributed by atoms with E-state index in [9.17, 15) is 53.5 Å². The Labute approximate surface area is 438 Å². The summed E-state index contributed by atoms with van der Waals surface area (Å²) in [5, 5.41) is 40.0. The SMILES string of the molecule is O=C(/C=C/c1ccc(/C=C/C(=O)N2C[C@@H](CCl)c3c2cc(OC(O)=C(O)O)c2ccccc32)cc1NC(=O)CCNC(=O)CCCCCN1C(=O)C=CC1=O)Nc1cc(O[PH](=O)O)c2ccccc2c1CCI. The quantitative estimate of drug-likeness (QED) is 0.00650. The summed E-state index contributed by atoms with van der Waals surface area (Å²) in [5.41, 5.74) is 3.52. The standard InChI is InChI=1S/C52H50ClIN5O13P/c53-29-33-30-59(41-28-42(71-52(68)51(66)67)37-10-5-6-11-38(37)50(33)41)49(65)18-14-31-13-15-32(16-17-45(61)57-40-27-43(72-73(69)70)36-9-4-3-8-34(36)35(40)21-23-54)39(26-31)56-46(62)22-24-55-44(60)12-2-1-7-25-58-47(63)19-20-48(58)64/h3-6,8-11,13-20,26-28,33,66-68,73H,1-2,7,12,21-25,29-30H2,(H,55,60)(H,56,62)(H,57,61)(H,69,70)/b17-16+,18-14+/t33-/m1/s1. The van der Waals surface area contributed by atoms with Gasteiger partial charge in [0.05, 0.1) is 5.69 Å². The Morgan fingerprint density at radius 1 is 0.795 bits per heavy atom. The molecular weight excluding hydrogens is 1100 g/mol. The van der Waals surface area contributed by atoms with E-state index in [2.05, 4.69) is 38.5 Å². The fourth-order valence-electron chi connectivity index (χ4n) is 8.57. The molecule has 2 aliphatic heterocycles. The topological polar surface area (TPSA) is 261 Å². The number of anilines is 3. The number of hydrogen-bond donors (Lipinski definition) is 7. The van der Waals surface area contributed by atoms with Gasteiger partial charge in [0.2, 0.25) is 17.7 Å². The summed E-state index contributed by atoms with van der Waals surface area (Å²) in [5.74, 6) is -4.97. The summed E-state index contributed by atoms with van der Waals surface area (Å²) >= 11 is 8.66. The minimum absolute atomic E-state index is 0.0106. The zero-order valence-electron chi connectivity index (χ0n) is 38.9. The second-order valence-corrected chi connectivity index (χ2v) is 18.9. The van der Waals surface area contributed by atoms with Crippen molar-refractivity contribution in [1.29, 1.82) is 0 Å². The van der Waals surface area contributed by atoms with Gasteiger partial charge in [-0.05, 0) is 70.5 Å². The number of amides is 6. The van der Waals surface area contributed by atoms with E-state index in [0.717, 1.165) is 21.4 Å². The lowest BCUT2D eigenvalue weighted by Gasteiger charge is -2.18. The number of aryl methyl sites for hydroxylation is 1. The smallest absolute Gasteiger partial charge is 0.366 e. The van der Waals surface area contributed by atoms with Gasteiger partial charge in [-0.25, -0.2) is 4.57 Å². The third-order valence-electron chi connectivity index (χ3n) is 11.9. The van der Waals surface area contributed by atoms with Crippen LogP contribution in [-0.4, -0.2) is 90.5 Å². The fraction of sp³-hybridized carbons (Fsp3) is 0.231. The van der Waals surface area contributed by atoms with Gasteiger partial charge in [0.15, 0.2) is 0 Å². The molecule has 7 rings (SSSR count). The predicted molar refractivity (Wildman–Crippen MR) is 287 cm³/mol. The number of aliphatic hydroxyl groups excluding tert-OH is 2. The third-order valence-corrected chi connectivity index (χ3v) is 13.2. The molecule has 18 nitrogen and oxygen atoms in total. The Hall–Kier alpha value is -7.19. The Bertz CT molecular complexity index is 3120. The number of carbonyl (C=O) groups is 6. The summed E-state index contributed by atoms with van der Waals surface area (Å²) in [6, 6.07) is 22.2. The molecule has 6 amide bonds. The molecule has 0 spiro atoms. The zero-order chi connectivity index (χ0) is 52.2. The average Bonchev–Trinajstić information content (AvgIpc) is 3.91. The maximum Gasteiger partial charge on any atom is 0.366 e. The average molecular weight is 1150 g/mol. The minimum atomic E-state index is -3.39. The number of imide groups is 1. The number of hydrogen-bond acceptors (Lipinski definition) is 12. The molecule has 7 N–H and O–H groups in total. The van der Waals surface area contributed by atoms with Gasteiger partial charge >= 0.3 is 20.1 Å². The van der Waals surface area contributed by atoms with Gasteiger partial charge in [-0.15, -0.1) is 11.6 Å². The van der Waals surface area contributed by atoms with E-state index in [1.54, 1.807) is 48.5 Å². The highest BCUT2D eigenvalue weighted by molar-refractivity contribution is 14.1. The van der Waals surface area contributed by atoms with Crippen LogP contribution >= 0.6 is 42.4 Å². The molecule has 0 aliphatic carbocycles. The second-order valence-electron chi connectivity index (χ2n) is 16.8. The number of aliphatic hydroxyl groups is 3. The molecule has 0 radical (unpaired) electrons. The van der Waals surface area contributed by atoms with Crippen LogP contribution in [0.3, 0.4) is 0 Å². The molecule has 0 aromatic heterocycles. The van der Waals surface area contributed by atoms with Crippen LogP contribution in [0.2, 0.25) is 0 Å². The van der Waals surface area contributed by atoms with E-state index < -0.39 is 37.9 Å². The summed E-state index contributed by atoms with van der Waals surface area (Å²) in [6.45, 7) is 0.470. The molecule has 380 valence electrons. The summed E-state index contributed by atoms with van der Waals surface area (Å²) in [7, 11) is -3.39. The molecule has 0 saturated heterocycles. The van der Waals surface area contributed by atoms with Crippen molar-refractivity contribution in [1.82, 2.24) is 10.2 Å². The lowest BCUT2D eigenvalue weighted by molar-refractivity contribution is -0.137. The number of alkyl halides is 2. The number of unbranched alkanes of at least 4 members (excludes halogenated alkanes) is 2. The number of nitrogens with one attached hydrogen (secondary N) is 3. The van der Waals surface area contributed by atoms with Gasteiger partial charge in [-0.2, -0.15) is 0 Å². The Morgan fingerprint density at radius 3 is 2.18 bits per heavy atom. The number of ether oxygens (including phenoxy) is 1. The van der Waals surface area contributed by atoms with Gasteiger partial charge in [0, 0.05) is 107 Å². The maximum atomic E-state index is 14.0. The zero-order valence-corrected chi connectivity index (χ0v) is 42.9. The molecular formula is C52H50ClIN5O13P. The van der Waals surface area contributed by atoms with Crippen molar-refractivity contribution in [2.45, 2.75) is 44.4 Å². The van der Waals surface area contributed by atoms with Crippen molar-refractivity contribution in [2.75, 3.05) is 45.5 Å². The molecule has 5 aromatic rings. The normalized spacial score (nSPS) is 14.5. The largest absolute Gasteiger partial charge is 0.476 e. The highest BCUT2D eigenvalue weighted by atomic mass is 127. The first-order chi connectivity index (χ1) is 35.1. The Morgan fingerprint density at radius 2 is 1.49 bits per heavy atom. The number of fused-ring (bicyclic) bond motifs is 4. The van der Waals surface area contributed by atoms with Crippen LogP contribution in [0.5, 0.6) is 11.5 Å². The van der Waals surface area contributed by atoms with Crippen molar-refractivity contribution >= 4 is 129 Å². The van der Waals surface area contributed by atoms with Gasteiger partial charge in [-0.1, -0.05) is 89.7 Å². The molecule has 5 aromatic carbocycles. The number of carbonyl (C=O) groups excluding carboxylic acids is 6. The van der Waals surface area contributed by atoms with Crippen LogP contribution in [0, 0.1) is 0 Å². The van der Waals surface area contributed by atoms with Gasteiger partial charge in [-0.3, -0.25) is 33.7 Å². The molecule has 0 bridgehead atoms. The van der Waals surface area contributed by atoms with E-state index in [-0.39, 0.29) is 79.2 Å². The molecule has 73 heavy (non-hydrogen) atoms. The maximum absolute atomic E-state index is 14.0. The first-order valence-corrected chi connectivity index (χ1v) is 26.3. The third kappa shape index (κ3) is 13.5. The van der Waals surface area contributed by atoms with E-state index in [1.807, 2.05) is 18.2 Å². The van der Waals surface area contributed by atoms with Crippen molar-refractivity contribution in [2.24, 2.45) is 0 Å². The lowest BCUT2D eigenvalue weighted by atomic mass is 9.95. The monoisotopic (exact) mass is 1150 g/mol. The van der Waals surface area contributed by atoms with Crippen LogP contribution in [0.25, 0.3) is 33.7 Å². The van der Waals surface area contributed by atoms with Gasteiger partial charge in [0.1, 0.15) is 11.5 Å². The number of rotatable bonds is 22. The van der Waals surface area contributed by atoms with Crippen molar-refractivity contribution in [3.05, 3.63) is 137 Å². The molecule has 2 aliphatic rings. The van der Waals surface area contributed by atoms with Crippen LogP contribution in [0.4, 0.5) is 17.1 Å². The van der Waals surface area contributed by atoms with Gasteiger partial charge in [0.25, 0.3) is 17.7 Å². The second kappa shape index (κ2) is 25.0. The fourth-order valence-corrected chi connectivity index (χ4v) is 9.71. The number of benzene rings is 5. The molecule has 2 heterocycles. The summed E-state index contributed by atoms with van der Waals surface area (Å²) < 4.78 is 23.2. The van der Waals surface area contributed by atoms with Crippen LogP contribution in [0.1, 0.15) is 60.3 Å². The van der Waals surface area contributed by atoms with Crippen LogP contribution < -0.4 is 30.1 Å². The number of halogens is 2. The van der Waals surface area contributed by atoms with E-state index in [0.29, 0.717) is 68.8 Å². The Balaban J connectivity index is 1.09. The van der Waals surface area contributed by atoms with Crippen LogP contribution in [-0.2, 0) is 39.8 Å². The Kier molecular flexibility index (Phi) is 18.3. The van der Waals surface area contributed by atoms with Gasteiger partial charge < -0.3 is 50.3 Å². The molecule has 0 saturated carbocycles. The highest BCUT2D eigenvalue weighted by Gasteiger charge is 2.34. The summed E-state index contributed by atoms with van der Waals surface area (Å²) in [4.78, 5) is 89.5. The van der Waals surface area contributed by atoms with Crippen molar-refractivity contribution < 1.29 is 62.8 Å². The molecule has 0 fully saturated rings. The van der Waals surface area contributed by atoms with Crippen molar-refractivity contribution in [3.63, 3.8) is 0 Å². The lowest BCUT2D eigenvalue weighted by Crippen LogP contribution is -2.31. The minimum Gasteiger partial charge on any atom is -0.476 e. The van der Waals surface area contributed by atoms with E-state index in [4.69, 9.17) is 20.9 Å². The van der Waals surface area contributed by atoms with E-state index in [1.165, 1.54) is 53.5 Å². The molecule has 2 atom stereocenters. The predicted octanol–water partition coefficient (Wildman–Crippen LogP) is 8.88. The number of nitrogens with zero attached hydrogens (tertiary/aromatic N) is 2. The van der Waals surface area contributed by atoms with Crippen molar-refractivity contribution in [3.8, 4) is 11.5 Å². The summed E-state index contributed by atoms with van der Waals surface area (Å²) in [6.07, 6.45) is 10.3. The first kappa shape index (κ1) is 53.6. The highest BCUT2D eigenvalue weighted by Crippen LogP contribution is 2.46. The molecule has 21 heteroatoms. The molecule has 1 unspecified atom stereocenters. The van der Waals surface area contributed by atoms with E-state index >= 15 is 0 Å².